The van der Waals surface area contributed by atoms with Crippen LogP contribution in [0, 0.1) is 12.3 Å². The van der Waals surface area contributed by atoms with Crippen LogP contribution < -0.4 is 0 Å². The molecule has 0 N–H and O–H groups in total. The second-order valence-electron chi connectivity index (χ2n) is 4.54. The SMILES string of the molecule is C#CCN1C(=O)/C(=C/c2ccc(-c3ccccc3)o2)SC1=S. The molecule has 1 aromatic carbocycles. The van der Waals surface area contributed by atoms with Crippen molar-refractivity contribution in [1.29, 1.82) is 0 Å². The summed E-state index contributed by atoms with van der Waals surface area (Å²) < 4.78 is 6.24. The summed E-state index contributed by atoms with van der Waals surface area (Å²) >= 11 is 6.39. The normalized spacial score (nSPS) is 16.3. The van der Waals surface area contributed by atoms with Crippen molar-refractivity contribution < 1.29 is 9.21 Å². The van der Waals surface area contributed by atoms with Crippen LogP contribution in [0.2, 0.25) is 0 Å². The number of rotatable bonds is 3. The van der Waals surface area contributed by atoms with Crippen LogP contribution in [-0.2, 0) is 4.79 Å². The van der Waals surface area contributed by atoms with E-state index in [2.05, 4.69) is 5.92 Å². The Morgan fingerprint density at radius 1 is 1.27 bits per heavy atom. The predicted octanol–water partition coefficient (Wildman–Crippen LogP) is 3.78. The van der Waals surface area contributed by atoms with E-state index in [9.17, 15) is 4.79 Å². The summed E-state index contributed by atoms with van der Waals surface area (Å²) in [7, 11) is 0. The minimum absolute atomic E-state index is 0.175. The van der Waals surface area contributed by atoms with Crippen molar-refractivity contribution in [2.24, 2.45) is 0 Å². The second kappa shape index (κ2) is 6.22. The van der Waals surface area contributed by atoms with E-state index in [1.165, 1.54) is 16.7 Å². The molecule has 1 fully saturated rings. The Hall–Kier alpha value is -2.29. The number of hydrogen-bond donors (Lipinski definition) is 0. The molecule has 3 nitrogen and oxygen atoms in total. The molecule has 1 aliphatic rings. The van der Waals surface area contributed by atoms with Gasteiger partial charge in [0.25, 0.3) is 5.91 Å². The third kappa shape index (κ3) is 2.84. The van der Waals surface area contributed by atoms with Crippen LogP contribution in [0.25, 0.3) is 17.4 Å². The fraction of sp³-hybridized carbons (Fsp3) is 0.0588. The van der Waals surface area contributed by atoms with Crippen LogP contribution in [0.4, 0.5) is 0 Å². The molecule has 3 rings (SSSR count). The van der Waals surface area contributed by atoms with Gasteiger partial charge < -0.3 is 4.42 Å². The summed E-state index contributed by atoms with van der Waals surface area (Å²) in [5.41, 5.74) is 0.988. The van der Waals surface area contributed by atoms with Gasteiger partial charge in [0.15, 0.2) is 0 Å². The first-order valence-corrected chi connectivity index (χ1v) is 7.75. The number of furan rings is 1. The van der Waals surface area contributed by atoms with Crippen molar-refractivity contribution >= 4 is 40.3 Å². The summed E-state index contributed by atoms with van der Waals surface area (Å²) in [5.74, 6) is 3.63. The Morgan fingerprint density at radius 2 is 2.05 bits per heavy atom. The Kier molecular flexibility index (Phi) is 4.14. The Bertz CT molecular complexity index is 800. The standard InChI is InChI=1S/C17H11NO2S2/c1-2-10-18-16(19)15(22-17(18)21)11-13-8-9-14(20-13)12-6-4-3-5-7-12/h1,3-9,11H,10H2/b15-11-. The summed E-state index contributed by atoms with van der Waals surface area (Å²) in [5, 5.41) is 0. The third-order valence-electron chi connectivity index (χ3n) is 3.08. The van der Waals surface area contributed by atoms with Crippen molar-refractivity contribution in [3.63, 3.8) is 0 Å². The topological polar surface area (TPSA) is 33.5 Å². The molecule has 0 bridgehead atoms. The molecule has 22 heavy (non-hydrogen) atoms. The quantitative estimate of drug-likeness (QED) is 0.488. The number of hydrogen-bond acceptors (Lipinski definition) is 4. The van der Waals surface area contributed by atoms with Gasteiger partial charge in [-0.3, -0.25) is 9.69 Å². The van der Waals surface area contributed by atoms with Gasteiger partial charge in [-0.05, 0) is 12.1 Å². The molecule has 0 unspecified atom stereocenters. The highest BCUT2D eigenvalue weighted by atomic mass is 32.2. The van der Waals surface area contributed by atoms with Gasteiger partial charge in [-0.2, -0.15) is 0 Å². The van der Waals surface area contributed by atoms with E-state index in [0.717, 1.165) is 11.3 Å². The zero-order chi connectivity index (χ0) is 15.5. The molecule has 2 aromatic rings. The van der Waals surface area contributed by atoms with Crippen LogP contribution in [0.5, 0.6) is 0 Å². The molecule has 0 saturated carbocycles. The van der Waals surface area contributed by atoms with Crippen LogP contribution in [0.3, 0.4) is 0 Å². The Morgan fingerprint density at radius 3 is 2.77 bits per heavy atom. The molecule has 0 spiro atoms. The van der Waals surface area contributed by atoms with Gasteiger partial charge in [-0.1, -0.05) is 60.2 Å². The Labute approximate surface area is 138 Å². The maximum atomic E-state index is 12.2. The number of nitrogens with zero attached hydrogens (tertiary/aromatic N) is 1. The lowest BCUT2D eigenvalue weighted by Crippen LogP contribution is -2.28. The maximum absolute atomic E-state index is 12.2. The number of benzene rings is 1. The van der Waals surface area contributed by atoms with Gasteiger partial charge in [-0.25, -0.2) is 0 Å². The summed E-state index contributed by atoms with van der Waals surface area (Å²) in [6, 6.07) is 13.5. The number of thiocarbonyl (C=S) groups is 1. The molecule has 108 valence electrons. The number of terminal acetylenes is 1. The van der Waals surface area contributed by atoms with E-state index < -0.39 is 0 Å². The molecule has 1 aromatic heterocycles. The van der Waals surface area contributed by atoms with Crippen molar-refractivity contribution in [1.82, 2.24) is 4.90 Å². The number of carbonyl (C=O) groups is 1. The first-order valence-electron chi connectivity index (χ1n) is 6.53. The summed E-state index contributed by atoms with van der Waals surface area (Å²) in [6.07, 6.45) is 6.94. The summed E-state index contributed by atoms with van der Waals surface area (Å²) in [4.78, 5) is 14.1. The second-order valence-corrected chi connectivity index (χ2v) is 6.22. The number of thioether (sulfide) groups is 1. The Balaban J connectivity index is 1.85. The lowest BCUT2D eigenvalue weighted by molar-refractivity contribution is -0.121. The van der Waals surface area contributed by atoms with Gasteiger partial charge in [-0.15, -0.1) is 6.42 Å². The fourth-order valence-corrected chi connectivity index (χ4v) is 3.28. The molecule has 0 atom stereocenters. The van der Waals surface area contributed by atoms with Crippen molar-refractivity contribution in [3.05, 3.63) is 53.1 Å². The van der Waals surface area contributed by atoms with E-state index in [1.54, 1.807) is 6.08 Å². The van der Waals surface area contributed by atoms with Crippen molar-refractivity contribution in [2.75, 3.05) is 6.54 Å². The average molecular weight is 325 g/mol. The van der Waals surface area contributed by atoms with Crippen molar-refractivity contribution in [3.8, 4) is 23.7 Å². The van der Waals surface area contributed by atoms with Gasteiger partial charge in [0, 0.05) is 11.6 Å². The zero-order valence-electron chi connectivity index (χ0n) is 11.5. The monoisotopic (exact) mass is 325 g/mol. The van der Waals surface area contributed by atoms with E-state index in [1.807, 2.05) is 42.5 Å². The van der Waals surface area contributed by atoms with Gasteiger partial charge in [0.2, 0.25) is 0 Å². The molecule has 5 heteroatoms. The first kappa shape index (κ1) is 14.6. The van der Waals surface area contributed by atoms with Gasteiger partial charge in [0.1, 0.15) is 15.8 Å². The lowest BCUT2D eigenvalue weighted by Gasteiger charge is -2.08. The zero-order valence-corrected chi connectivity index (χ0v) is 13.1. The molecule has 1 amide bonds. The van der Waals surface area contributed by atoms with Crippen molar-refractivity contribution in [2.45, 2.75) is 0 Å². The van der Waals surface area contributed by atoms with E-state index in [4.69, 9.17) is 23.1 Å². The van der Waals surface area contributed by atoms with E-state index in [0.29, 0.717) is 15.0 Å². The predicted molar refractivity (Wildman–Crippen MR) is 92.9 cm³/mol. The average Bonchev–Trinajstić information content (AvgIpc) is 3.09. The molecular weight excluding hydrogens is 314 g/mol. The van der Waals surface area contributed by atoms with Crippen LogP contribution in [0.15, 0.2) is 51.8 Å². The highest BCUT2D eigenvalue weighted by Gasteiger charge is 2.31. The highest BCUT2D eigenvalue weighted by molar-refractivity contribution is 8.26. The number of carbonyl (C=O) groups excluding carboxylic acids is 1. The van der Waals surface area contributed by atoms with E-state index >= 15 is 0 Å². The first-order chi connectivity index (χ1) is 10.7. The smallest absolute Gasteiger partial charge is 0.267 e. The maximum Gasteiger partial charge on any atom is 0.267 e. The van der Waals surface area contributed by atoms with Gasteiger partial charge >= 0.3 is 0 Å². The molecule has 0 aliphatic carbocycles. The fourth-order valence-electron chi connectivity index (χ4n) is 2.04. The number of amides is 1. The highest BCUT2D eigenvalue weighted by Crippen LogP contribution is 2.33. The van der Waals surface area contributed by atoms with E-state index in [-0.39, 0.29) is 12.5 Å². The lowest BCUT2D eigenvalue weighted by atomic mass is 10.2. The minimum Gasteiger partial charge on any atom is -0.457 e. The molecule has 1 saturated heterocycles. The molecule has 1 aliphatic heterocycles. The molecule has 0 radical (unpaired) electrons. The molecular formula is C17H11NO2S2. The minimum atomic E-state index is -0.175. The van der Waals surface area contributed by atoms with Crippen LogP contribution in [0.1, 0.15) is 5.76 Å². The molecule has 2 heterocycles. The van der Waals surface area contributed by atoms with Gasteiger partial charge in [0.05, 0.1) is 11.4 Å². The van der Waals surface area contributed by atoms with Crippen LogP contribution in [-0.4, -0.2) is 21.7 Å². The summed E-state index contributed by atoms with van der Waals surface area (Å²) in [6.45, 7) is 0.190. The third-order valence-corrected chi connectivity index (χ3v) is 4.46. The largest absolute Gasteiger partial charge is 0.457 e. The van der Waals surface area contributed by atoms with Crippen LogP contribution >= 0.6 is 24.0 Å².